The summed E-state index contributed by atoms with van der Waals surface area (Å²) in [6.07, 6.45) is 0. The normalized spacial score (nSPS) is 14.0. The summed E-state index contributed by atoms with van der Waals surface area (Å²) in [6.45, 7) is 6.35. The van der Waals surface area contributed by atoms with Crippen molar-refractivity contribution in [2.24, 2.45) is 11.1 Å². The quantitative estimate of drug-likeness (QED) is 0.668. The topological polar surface area (TPSA) is 46.2 Å². The van der Waals surface area contributed by atoms with Gasteiger partial charge < -0.3 is 10.8 Å². The molecule has 4 heteroatoms. The van der Waals surface area contributed by atoms with Crippen LogP contribution >= 0.6 is 45.2 Å². The summed E-state index contributed by atoms with van der Waals surface area (Å²) in [5, 5.41) is 9.66. The van der Waals surface area contributed by atoms with Crippen LogP contribution < -0.4 is 5.73 Å². The van der Waals surface area contributed by atoms with E-state index in [1.165, 1.54) is 0 Å². The van der Waals surface area contributed by atoms with Gasteiger partial charge in [0.05, 0.1) is 7.14 Å². The molecule has 0 unspecified atom stereocenters. The predicted octanol–water partition coefficient (Wildman–Crippen LogP) is 3.65. The molecule has 1 atom stereocenters. The van der Waals surface area contributed by atoms with Crippen molar-refractivity contribution >= 4 is 45.2 Å². The number of rotatable bonds is 1. The molecule has 0 heterocycles. The molecule has 1 aromatic carbocycles. The molecule has 0 bridgehead atoms. The highest BCUT2D eigenvalue weighted by Crippen LogP contribution is 2.35. The molecule has 0 saturated heterocycles. The highest BCUT2D eigenvalue weighted by Gasteiger charge is 2.23. The fourth-order valence-corrected chi connectivity index (χ4v) is 3.08. The van der Waals surface area contributed by atoms with E-state index in [-0.39, 0.29) is 11.5 Å². The molecule has 0 radical (unpaired) electrons. The maximum atomic E-state index is 9.66. The van der Waals surface area contributed by atoms with Crippen molar-refractivity contribution in [3.05, 3.63) is 24.8 Å². The van der Waals surface area contributed by atoms with Crippen molar-refractivity contribution in [2.75, 3.05) is 0 Å². The average Bonchev–Trinajstić information content (AvgIpc) is 2.10. The van der Waals surface area contributed by atoms with Gasteiger partial charge in [-0.3, -0.25) is 0 Å². The van der Waals surface area contributed by atoms with Crippen LogP contribution in [0.3, 0.4) is 0 Å². The van der Waals surface area contributed by atoms with Crippen LogP contribution in [0.25, 0.3) is 0 Å². The monoisotopic (exact) mass is 431 g/mol. The van der Waals surface area contributed by atoms with Crippen LogP contribution in [0, 0.1) is 12.6 Å². The summed E-state index contributed by atoms with van der Waals surface area (Å²) < 4.78 is 1.71. The van der Waals surface area contributed by atoms with E-state index in [9.17, 15) is 5.11 Å². The first-order valence-corrected chi connectivity index (χ1v) is 6.82. The molecule has 2 nitrogen and oxygen atoms in total. The summed E-state index contributed by atoms with van der Waals surface area (Å²) >= 11 is 4.25. The van der Waals surface area contributed by atoms with Gasteiger partial charge in [-0.2, -0.15) is 0 Å². The van der Waals surface area contributed by atoms with Crippen LogP contribution in [-0.2, 0) is 0 Å². The number of aromatic hydroxyl groups is 1. The minimum absolute atomic E-state index is 0.0138. The Labute approximate surface area is 118 Å². The maximum absolute atomic E-state index is 9.66. The smallest absolute Gasteiger partial charge is 0.142 e. The van der Waals surface area contributed by atoms with Gasteiger partial charge in [0.25, 0.3) is 0 Å². The summed E-state index contributed by atoms with van der Waals surface area (Å²) in [5.74, 6) is 0.348. The third-order valence-corrected chi connectivity index (χ3v) is 3.98. The number of benzene rings is 1. The number of phenols is 1. The number of hydrogen-bond acceptors (Lipinski definition) is 2. The van der Waals surface area contributed by atoms with E-state index in [1.807, 2.05) is 12.1 Å². The molecule has 15 heavy (non-hydrogen) atoms. The molecule has 0 spiro atoms. The van der Waals surface area contributed by atoms with Crippen molar-refractivity contribution in [3.8, 4) is 5.75 Å². The number of hydrogen-bond donors (Lipinski definition) is 2. The van der Waals surface area contributed by atoms with Gasteiger partial charge in [-0.05, 0) is 68.3 Å². The van der Waals surface area contributed by atoms with Gasteiger partial charge in [0.1, 0.15) is 5.75 Å². The van der Waals surface area contributed by atoms with Gasteiger partial charge in [-0.15, -0.1) is 0 Å². The molecule has 0 saturated carbocycles. The first-order chi connectivity index (χ1) is 6.73. The largest absolute Gasteiger partial charge is 0.506 e. The molecular formula is C11H15I2NO. The van der Waals surface area contributed by atoms with Crippen molar-refractivity contribution in [1.29, 1.82) is 0 Å². The standard InChI is InChI=1S/C11H15I2NO/c1-11(2,3)10(14)6-4-7(12)9(15)8(13)5-6/h4-5,10,15H,14H2,1-3H3/t10-/m0/s1. The van der Waals surface area contributed by atoms with E-state index in [0.29, 0.717) is 5.75 Å². The Balaban J connectivity index is 3.17. The van der Waals surface area contributed by atoms with Crippen LogP contribution in [0.5, 0.6) is 5.75 Å². The summed E-state index contributed by atoms with van der Waals surface area (Å²) in [6, 6.07) is 3.89. The lowest BCUT2D eigenvalue weighted by atomic mass is 9.83. The fraction of sp³-hybridized carbons (Fsp3) is 0.455. The molecule has 0 aliphatic heterocycles. The Hall–Kier alpha value is 0.440. The van der Waals surface area contributed by atoms with Crippen LogP contribution in [0.1, 0.15) is 32.4 Å². The zero-order chi connectivity index (χ0) is 11.8. The SMILES string of the molecule is CC(C)(C)[C@@H](N)c1cc(I)c(O)c(I)c1. The molecule has 0 aliphatic rings. The lowest BCUT2D eigenvalue weighted by molar-refractivity contribution is 0.326. The van der Waals surface area contributed by atoms with Gasteiger partial charge in [-0.1, -0.05) is 20.8 Å². The number of nitrogens with two attached hydrogens (primary N) is 1. The number of halogens is 2. The molecule has 0 amide bonds. The Morgan fingerprint density at radius 2 is 1.60 bits per heavy atom. The predicted molar refractivity (Wildman–Crippen MR) is 79.9 cm³/mol. The van der Waals surface area contributed by atoms with Gasteiger partial charge in [0.15, 0.2) is 0 Å². The Bertz CT molecular complexity index is 348. The second kappa shape index (κ2) is 4.75. The van der Waals surface area contributed by atoms with Crippen molar-refractivity contribution < 1.29 is 5.11 Å². The third-order valence-electron chi connectivity index (χ3n) is 2.33. The molecule has 1 aromatic rings. The lowest BCUT2D eigenvalue weighted by Gasteiger charge is -2.27. The van der Waals surface area contributed by atoms with Crippen molar-refractivity contribution in [3.63, 3.8) is 0 Å². The summed E-state index contributed by atoms with van der Waals surface area (Å²) in [4.78, 5) is 0. The second-order valence-electron chi connectivity index (χ2n) is 4.68. The zero-order valence-electron chi connectivity index (χ0n) is 9.01. The zero-order valence-corrected chi connectivity index (χ0v) is 13.3. The molecule has 3 N–H and O–H groups in total. The maximum Gasteiger partial charge on any atom is 0.142 e. The first-order valence-electron chi connectivity index (χ1n) is 4.67. The van der Waals surface area contributed by atoms with Crippen molar-refractivity contribution in [2.45, 2.75) is 26.8 Å². The molecule has 1 rings (SSSR count). The van der Waals surface area contributed by atoms with E-state index in [0.717, 1.165) is 12.7 Å². The lowest BCUT2D eigenvalue weighted by Crippen LogP contribution is -2.26. The van der Waals surface area contributed by atoms with Gasteiger partial charge in [-0.25, -0.2) is 0 Å². The van der Waals surface area contributed by atoms with Gasteiger partial charge in [0, 0.05) is 6.04 Å². The van der Waals surface area contributed by atoms with Crippen LogP contribution in [0.2, 0.25) is 0 Å². The second-order valence-corrected chi connectivity index (χ2v) is 7.00. The van der Waals surface area contributed by atoms with E-state index in [4.69, 9.17) is 5.73 Å². The first kappa shape index (κ1) is 13.5. The highest BCUT2D eigenvalue weighted by atomic mass is 127. The Morgan fingerprint density at radius 1 is 1.20 bits per heavy atom. The van der Waals surface area contributed by atoms with Crippen LogP contribution in [0.15, 0.2) is 12.1 Å². The van der Waals surface area contributed by atoms with E-state index in [2.05, 4.69) is 66.0 Å². The molecule has 0 fully saturated rings. The van der Waals surface area contributed by atoms with E-state index in [1.54, 1.807) is 0 Å². The minimum atomic E-state index is -0.0138. The Kier molecular flexibility index (Phi) is 4.27. The van der Waals surface area contributed by atoms with E-state index >= 15 is 0 Å². The highest BCUT2D eigenvalue weighted by molar-refractivity contribution is 14.1. The minimum Gasteiger partial charge on any atom is -0.506 e. The number of phenolic OH excluding ortho intramolecular Hbond substituents is 1. The molecule has 0 aliphatic carbocycles. The fourth-order valence-electron chi connectivity index (χ4n) is 1.26. The van der Waals surface area contributed by atoms with Gasteiger partial charge in [0.2, 0.25) is 0 Å². The third kappa shape index (κ3) is 3.20. The molecule has 0 aromatic heterocycles. The van der Waals surface area contributed by atoms with Gasteiger partial charge >= 0.3 is 0 Å². The Morgan fingerprint density at radius 3 is 1.93 bits per heavy atom. The average molecular weight is 431 g/mol. The summed E-state index contributed by atoms with van der Waals surface area (Å²) in [5.41, 5.74) is 7.28. The molecule has 84 valence electrons. The summed E-state index contributed by atoms with van der Waals surface area (Å²) in [7, 11) is 0. The molecular weight excluding hydrogens is 416 g/mol. The van der Waals surface area contributed by atoms with Crippen LogP contribution in [0.4, 0.5) is 0 Å². The van der Waals surface area contributed by atoms with Crippen molar-refractivity contribution in [1.82, 2.24) is 0 Å². The van der Waals surface area contributed by atoms with Crippen LogP contribution in [-0.4, -0.2) is 5.11 Å². The van der Waals surface area contributed by atoms with E-state index < -0.39 is 0 Å².